The number of ether oxygens (including phenoxy) is 1. The van der Waals surface area contributed by atoms with Crippen LogP contribution in [0.4, 0.5) is 0 Å². The van der Waals surface area contributed by atoms with E-state index in [1.54, 1.807) is 7.11 Å². The summed E-state index contributed by atoms with van der Waals surface area (Å²) < 4.78 is 5.05. The molecule has 0 rings (SSSR count). The molecule has 0 bridgehead atoms. The molecule has 0 saturated heterocycles. The van der Waals surface area contributed by atoms with E-state index in [0.717, 1.165) is 0 Å². The predicted molar refractivity (Wildman–Crippen MR) is 55.1 cm³/mol. The van der Waals surface area contributed by atoms with Crippen LogP contribution < -0.4 is 5.73 Å². The highest BCUT2D eigenvalue weighted by Gasteiger charge is 2.15. The quantitative estimate of drug-likeness (QED) is 0.474. The SMILES string of the molecule is COCC(C)N(C)C(C)CC(=N)N. The maximum absolute atomic E-state index is 7.18. The minimum Gasteiger partial charge on any atom is -0.388 e. The lowest BCUT2D eigenvalue weighted by Gasteiger charge is -2.30. The van der Waals surface area contributed by atoms with Gasteiger partial charge in [-0.2, -0.15) is 0 Å². The Morgan fingerprint density at radius 3 is 2.38 bits per heavy atom. The molecule has 0 fully saturated rings. The van der Waals surface area contributed by atoms with Crippen LogP contribution in [0.1, 0.15) is 20.3 Å². The van der Waals surface area contributed by atoms with E-state index in [2.05, 4.69) is 18.7 Å². The Kier molecular flexibility index (Phi) is 5.66. The van der Waals surface area contributed by atoms with Crippen molar-refractivity contribution >= 4 is 5.84 Å². The molecular formula is C9H21N3O. The fraction of sp³-hybridized carbons (Fsp3) is 0.889. The maximum atomic E-state index is 7.18. The largest absolute Gasteiger partial charge is 0.388 e. The first-order valence-corrected chi connectivity index (χ1v) is 4.52. The Balaban J connectivity index is 3.92. The van der Waals surface area contributed by atoms with Gasteiger partial charge in [-0.15, -0.1) is 0 Å². The number of hydrogen-bond acceptors (Lipinski definition) is 3. The van der Waals surface area contributed by atoms with Crippen LogP contribution in [0.3, 0.4) is 0 Å². The molecule has 0 aliphatic heterocycles. The van der Waals surface area contributed by atoms with E-state index in [1.807, 2.05) is 7.05 Å². The van der Waals surface area contributed by atoms with Crippen molar-refractivity contribution < 1.29 is 4.74 Å². The van der Waals surface area contributed by atoms with Crippen molar-refractivity contribution in [3.8, 4) is 0 Å². The average molecular weight is 187 g/mol. The summed E-state index contributed by atoms with van der Waals surface area (Å²) >= 11 is 0. The normalized spacial score (nSPS) is 15.8. The molecule has 13 heavy (non-hydrogen) atoms. The second kappa shape index (κ2) is 5.94. The Morgan fingerprint density at radius 1 is 1.46 bits per heavy atom. The standard InChI is InChI=1S/C9H21N3O/c1-7(5-9(10)11)12(3)8(2)6-13-4/h7-8H,5-6H2,1-4H3,(H3,10,11). The van der Waals surface area contributed by atoms with Crippen LogP contribution in [0, 0.1) is 5.41 Å². The first kappa shape index (κ1) is 12.4. The summed E-state index contributed by atoms with van der Waals surface area (Å²) in [4.78, 5) is 2.17. The highest BCUT2D eigenvalue weighted by molar-refractivity contribution is 5.77. The first-order valence-electron chi connectivity index (χ1n) is 4.52. The molecule has 0 heterocycles. The highest BCUT2D eigenvalue weighted by atomic mass is 16.5. The molecule has 0 radical (unpaired) electrons. The van der Waals surface area contributed by atoms with E-state index in [4.69, 9.17) is 15.9 Å². The third-order valence-electron chi connectivity index (χ3n) is 2.31. The van der Waals surface area contributed by atoms with Crippen LogP contribution in [0.25, 0.3) is 0 Å². The molecule has 4 nitrogen and oxygen atoms in total. The number of nitrogens with two attached hydrogens (primary N) is 1. The maximum Gasteiger partial charge on any atom is 0.0920 e. The van der Waals surface area contributed by atoms with Gasteiger partial charge in [0.2, 0.25) is 0 Å². The number of nitrogens with one attached hydrogen (secondary N) is 1. The molecular weight excluding hydrogens is 166 g/mol. The lowest BCUT2D eigenvalue weighted by molar-refractivity contribution is 0.0956. The van der Waals surface area contributed by atoms with Crippen LogP contribution in [0.15, 0.2) is 0 Å². The van der Waals surface area contributed by atoms with Gasteiger partial charge in [0.05, 0.1) is 12.4 Å². The molecule has 0 amide bonds. The molecule has 0 spiro atoms. The molecule has 2 unspecified atom stereocenters. The van der Waals surface area contributed by atoms with Crippen LogP contribution in [0.5, 0.6) is 0 Å². The molecule has 2 atom stereocenters. The molecule has 78 valence electrons. The lowest BCUT2D eigenvalue weighted by Crippen LogP contribution is -2.41. The van der Waals surface area contributed by atoms with E-state index in [1.165, 1.54) is 0 Å². The zero-order valence-corrected chi connectivity index (χ0v) is 9.00. The number of likely N-dealkylation sites (N-methyl/N-ethyl adjacent to an activating group) is 1. The van der Waals surface area contributed by atoms with Crippen LogP contribution in [-0.4, -0.2) is 43.6 Å². The highest BCUT2D eigenvalue weighted by Crippen LogP contribution is 2.05. The van der Waals surface area contributed by atoms with E-state index in [9.17, 15) is 0 Å². The van der Waals surface area contributed by atoms with Gasteiger partial charge >= 0.3 is 0 Å². The topological polar surface area (TPSA) is 62.3 Å². The summed E-state index contributed by atoms with van der Waals surface area (Å²) in [6.45, 7) is 4.87. The fourth-order valence-corrected chi connectivity index (χ4v) is 1.26. The van der Waals surface area contributed by atoms with E-state index >= 15 is 0 Å². The second-order valence-electron chi connectivity index (χ2n) is 3.55. The second-order valence-corrected chi connectivity index (χ2v) is 3.55. The Morgan fingerprint density at radius 2 is 2.00 bits per heavy atom. The first-order chi connectivity index (χ1) is 5.99. The zero-order chi connectivity index (χ0) is 10.4. The van der Waals surface area contributed by atoms with Gasteiger partial charge in [-0.1, -0.05) is 0 Å². The monoisotopic (exact) mass is 187 g/mol. The number of amidine groups is 1. The fourth-order valence-electron chi connectivity index (χ4n) is 1.26. The summed E-state index contributed by atoms with van der Waals surface area (Å²) in [6, 6.07) is 0.655. The van der Waals surface area contributed by atoms with Crippen LogP contribution in [0.2, 0.25) is 0 Å². The van der Waals surface area contributed by atoms with Gasteiger partial charge in [0.1, 0.15) is 0 Å². The summed E-state index contributed by atoms with van der Waals surface area (Å²) in [7, 11) is 3.72. The van der Waals surface area contributed by atoms with E-state index in [-0.39, 0.29) is 5.84 Å². The Bertz CT molecular complexity index is 161. The van der Waals surface area contributed by atoms with Crippen molar-refractivity contribution in [1.29, 1.82) is 5.41 Å². The van der Waals surface area contributed by atoms with Gasteiger partial charge in [0.25, 0.3) is 0 Å². The summed E-state index contributed by atoms with van der Waals surface area (Å²) in [5, 5.41) is 7.18. The van der Waals surface area contributed by atoms with Gasteiger partial charge in [-0.25, -0.2) is 0 Å². The smallest absolute Gasteiger partial charge is 0.0920 e. The van der Waals surface area contributed by atoms with E-state index in [0.29, 0.717) is 25.1 Å². The third kappa shape index (κ3) is 4.85. The van der Waals surface area contributed by atoms with Gasteiger partial charge < -0.3 is 10.5 Å². The molecule has 0 aromatic heterocycles. The number of hydrogen-bond donors (Lipinski definition) is 2. The van der Waals surface area contributed by atoms with Gasteiger partial charge in [-0.3, -0.25) is 10.3 Å². The molecule has 0 aliphatic rings. The van der Waals surface area contributed by atoms with Crippen molar-refractivity contribution in [3.63, 3.8) is 0 Å². The number of nitrogens with zero attached hydrogens (tertiary/aromatic N) is 1. The van der Waals surface area contributed by atoms with Crippen molar-refractivity contribution in [3.05, 3.63) is 0 Å². The summed E-state index contributed by atoms with van der Waals surface area (Å²) in [5.74, 6) is 0.240. The summed E-state index contributed by atoms with van der Waals surface area (Å²) in [5.41, 5.74) is 5.33. The van der Waals surface area contributed by atoms with Crippen molar-refractivity contribution in [2.45, 2.75) is 32.4 Å². The Hall–Kier alpha value is -0.610. The Labute approximate surface area is 80.6 Å². The van der Waals surface area contributed by atoms with Gasteiger partial charge in [-0.05, 0) is 20.9 Å². The number of rotatable bonds is 6. The average Bonchev–Trinajstić information content (AvgIpc) is 2.02. The van der Waals surface area contributed by atoms with Gasteiger partial charge in [0, 0.05) is 25.6 Å². The predicted octanol–water partition coefficient (Wildman–Crippen LogP) is 0.668. The van der Waals surface area contributed by atoms with E-state index < -0.39 is 0 Å². The minimum absolute atomic E-state index is 0.240. The molecule has 4 heteroatoms. The molecule has 0 saturated carbocycles. The van der Waals surface area contributed by atoms with Crippen molar-refractivity contribution in [1.82, 2.24) is 4.90 Å². The molecule has 0 aromatic carbocycles. The molecule has 3 N–H and O–H groups in total. The summed E-state index contributed by atoms with van der Waals surface area (Å²) in [6.07, 6.45) is 0.616. The number of methoxy groups -OCH3 is 1. The van der Waals surface area contributed by atoms with Crippen molar-refractivity contribution in [2.24, 2.45) is 5.73 Å². The third-order valence-corrected chi connectivity index (χ3v) is 2.31. The molecule has 0 aliphatic carbocycles. The lowest BCUT2D eigenvalue weighted by atomic mass is 10.1. The van der Waals surface area contributed by atoms with Crippen LogP contribution in [-0.2, 0) is 4.74 Å². The zero-order valence-electron chi connectivity index (χ0n) is 9.00. The minimum atomic E-state index is 0.240. The molecule has 0 aromatic rings. The van der Waals surface area contributed by atoms with Crippen LogP contribution >= 0.6 is 0 Å². The van der Waals surface area contributed by atoms with Gasteiger partial charge in [0.15, 0.2) is 0 Å². The van der Waals surface area contributed by atoms with Crippen molar-refractivity contribution in [2.75, 3.05) is 20.8 Å².